The van der Waals surface area contributed by atoms with Crippen molar-refractivity contribution >= 4 is 73.2 Å². The fourth-order valence-electron chi connectivity index (χ4n) is 9.71. The molecule has 0 saturated heterocycles. The number of allylic oxidation sites excluding steroid dienone is 6. The van der Waals surface area contributed by atoms with Crippen LogP contribution in [0, 0.1) is 22.8 Å². The monoisotopic (exact) mass is 1240 g/mol. The Balaban J connectivity index is 0.000000177. The van der Waals surface area contributed by atoms with E-state index in [0.717, 1.165) is 90.6 Å². The molecule has 3 aromatic heterocycles. The number of pyridine rings is 3. The van der Waals surface area contributed by atoms with E-state index in [2.05, 4.69) is 141 Å². The maximum absolute atomic E-state index is 12.2. The van der Waals surface area contributed by atoms with E-state index in [0.29, 0.717) is 18.6 Å². The number of rotatable bonds is 8. The van der Waals surface area contributed by atoms with Crippen LogP contribution >= 0.6 is 31.9 Å². The molecule has 0 unspecified atom stereocenters. The molecule has 5 aromatic rings. The van der Waals surface area contributed by atoms with Gasteiger partial charge in [-0.1, -0.05) is 97.1 Å². The van der Waals surface area contributed by atoms with E-state index in [9.17, 15) is 9.59 Å². The quantitative estimate of drug-likeness (QED) is 0.0728. The predicted octanol–water partition coefficient (Wildman–Crippen LogP) is 11.5. The highest BCUT2D eigenvalue weighted by Gasteiger charge is 2.26. The van der Waals surface area contributed by atoms with Crippen molar-refractivity contribution in [2.24, 2.45) is 0 Å². The zero-order valence-electron chi connectivity index (χ0n) is 48.5. The van der Waals surface area contributed by atoms with E-state index in [1.54, 1.807) is 36.6 Å². The summed E-state index contributed by atoms with van der Waals surface area (Å²) >= 11 is 6.99. The summed E-state index contributed by atoms with van der Waals surface area (Å²) in [5, 5.41) is 41.5. The molecule has 0 saturated carbocycles. The Labute approximate surface area is 507 Å². The average Bonchev–Trinajstić information content (AvgIpc) is 4.26. The number of aromatic nitrogens is 3. The molecular weight excluding hydrogens is 1170 g/mol. The second-order valence-electron chi connectivity index (χ2n) is 20.9. The summed E-state index contributed by atoms with van der Waals surface area (Å²) in [6, 6.07) is 27.7. The Morgan fingerprint density at radius 2 is 1.06 bits per heavy atom. The first-order valence-electron chi connectivity index (χ1n) is 28.1. The summed E-state index contributed by atoms with van der Waals surface area (Å²) < 4.78 is 6.42. The van der Waals surface area contributed by atoms with Crippen LogP contribution in [0.2, 0.25) is 0 Å². The van der Waals surface area contributed by atoms with Crippen LogP contribution in [0.5, 0.6) is 0 Å². The Morgan fingerprint density at radius 1 is 0.627 bits per heavy atom. The number of hydrogen-bond acceptors (Lipinski definition) is 11. The van der Waals surface area contributed by atoms with E-state index < -0.39 is 7.12 Å². The number of urea groups is 2. The van der Waals surface area contributed by atoms with Gasteiger partial charge in [0.1, 0.15) is 6.10 Å². The number of nitrogens with zero attached hydrogens (tertiary/aromatic N) is 7. The number of nitrogens with one attached hydrogen (secondary N) is 3. The third kappa shape index (κ3) is 19.6. The Bertz CT molecular complexity index is 3290. The molecule has 3 aliphatic heterocycles. The molecule has 15 nitrogen and oxygen atoms in total. The maximum Gasteiger partial charge on any atom is 0.488 e. The fraction of sp³-hybridized carbons (Fsp3) is 0.338. The van der Waals surface area contributed by atoms with Crippen LogP contribution in [0.3, 0.4) is 0 Å². The first kappa shape index (κ1) is 64.7. The topological polar surface area (TPSA) is 213 Å². The van der Waals surface area contributed by atoms with Crippen molar-refractivity contribution in [1.29, 1.82) is 10.5 Å². The molecule has 2 aromatic carbocycles. The second-order valence-corrected chi connectivity index (χ2v) is 22.7. The minimum absolute atomic E-state index is 0.0223. The smallest absolute Gasteiger partial charge is 0.425 e. The summed E-state index contributed by atoms with van der Waals surface area (Å²) in [6.07, 6.45) is 26.5. The lowest BCUT2D eigenvalue weighted by Crippen LogP contribution is -2.44. The molecule has 83 heavy (non-hydrogen) atoms. The second kappa shape index (κ2) is 33.0. The number of benzene rings is 2. The molecule has 0 fully saturated rings. The number of hydrogen-bond donors (Lipinski definition) is 5. The Morgan fingerprint density at radius 3 is 1.42 bits per heavy atom. The number of amides is 4. The lowest BCUT2D eigenvalue weighted by Gasteiger charge is -2.28. The van der Waals surface area contributed by atoms with Crippen LogP contribution in [-0.2, 0) is 24.0 Å². The summed E-state index contributed by atoms with van der Waals surface area (Å²) in [7, 11) is -1.34. The van der Waals surface area contributed by atoms with Crippen molar-refractivity contribution in [1.82, 2.24) is 40.7 Å². The van der Waals surface area contributed by atoms with Crippen molar-refractivity contribution in [3.63, 3.8) is 0 Å². The molecule has 0 spiro atoms. The number of fused-ring (bicyclic) bond motifs is 3. The molecule has 3 aliphatic carbocycles. The van der Waals surface area contributed by atoms with Crippen molar-refractivity contribution < 1.29 is 24.4 Å². The summed E-state index contributed by atoms with van der Waals surface area (Å²) in [5.74, 6) is 0. The standard InChI is InChI=1S/C23H25N3O.C17H20BrN3O.C13H13BrN2.C6H7BO2.C4H7NO.C2H3N/c1-16(2)25-23(27)26-12-10-18(11-13-26)20-8-9-22-21(20)14-19(15-24-22)17-6-4-3-5-7-17;1-11(2)20-17(22)21-7-5-12(6-8-21)14-3-4-16-15(14)9-13(18)10-19-16;14-10-7-12-11(1-2-13(12)16-8-10)9-3-5-15-6-4-9;8-7(9)6-4-2-1-3-5-6;1-4(2)6-3-5;1-2-3/h3-8,10,14-16H,9,11-13H2,1-2H3,(H,25,27);3,5,9-11H,4,6-8H2,1-2H3,(H,20,22);1,3,7-8,15H,2,4-6H2;1-5,8-9H;4H,1-2H3;1H3. The fourth-order valence-corrected chi connectivity index (χ4v) is 10.4. The highest BCUT2D eigenvalue weighted by Crippen LogP contribution is 2.38. The summed E-state index contributed by atoms with van der Waals surface area (Å²) in [6.45, 7) is 17.9. The molecular formula is C65H75BBr2N10O5. The molecule has 5 N–H and O–H groups in total. The molecule has 18 heteroatoms. The summed E-state index contributed by atoms with van der Waals surface area (Å²) in [4.78, 5) is 41.6. The molecule has 0 radical (unpaired) electrons. The molecule has 6 heterocycles. The molecule has 4 amide bonds. The third-order valence-electron chi connectivity index (χ3n) is 13.6. The molecule has 6 aliphatic rings. The van der Waals surface area contributed by atoms with Crippen LogP contribution in [0.15, 0.2) is 160 Å². The first-order chi connectivity index (χ1) is 40.0. The van der Waals surface area contributed by atoms with Gasteiger partial charge in [0.25, 0.3) is 6.26 Å². The van der Waals surface area contributed by atoms with Gasteiger partial charge in [-0.25, -0.2) is 9.59 Å². The highest BCUT2D eigenvalue weighted by molar-refractivity contribution is 9.10. The third-order valence-corrected chi connectivity index (χ3v) is 14.5. The number of nitriles is 2. The number of carbonyl (C=O) groups is 2. The Kier molecular flexibility index (Phi) is 25.7. The zero-order chi connectivity index (χ0) is 59.8. The van der Waals surface area contributed by atoms with Crippen molar-refractivity contribution in [2.45, 2.75) is 105 Å². The van der Waals surface area contributed by atoms with Gasteiger partial charge >= 0.3 is 19.2 Å². The number of halogens is 2. The average molecular weight is 1250 g/mol. The van der Waals surface area contributed by atoms with Crippen LogP contribution in [0.1, 0.15) is 102 Å². The van der Waals surface area contributed by atoms with Crippen LogP contribution in [-0.4, -0.2) is 111 Å². The summed E-state index contributed by atoms with van der Waals surface area (Å²) in [5.41, 5.74) is 18.2. The molecule has 0 bridgehead atoms. The van der Waals surface area contributed by atoms with Crippen LogP contribution < -0.4 is 21.4 Å². The van der Waals surface area contributed by atoms with Gasteiger partial charge in [-0.3, -0.25) is 15.0 Å². The minimum atomic E-state index is -1.34. The minimum Gasteiger partial charge on any atom is -0.425 e. The number of ether oxygens (including phenoxy) is 1. The molecule has 0 atom stereocenters. The first-order valence-corrected chi connectivity index (χ1v) is 29.7. The number of carbonyl (C=O) groups excluding carboxylic acids is 2. The normalized spacial score (nSPS) is 15.1. The van der Waals surface area contributed by atoms with Crippen molar-refractivity contribution in [3.05, 3.63) is 193 Å². The van der Waals surface area contributed by atoms with Crippen molar-refractivity contribution in [2.75, 3.05) is 39.3 Å². The van der Waals surface area contributed by atoms with Crippen LogP contribution in [0.4, 0.5) is 9.59 Å². The lowest BCUT2D eigenvalue weighted by molar-refractivity contribution is 0.198. The van der Waals surface area contributed by atoms with E-state index in [-0.39, 0.29) is 30.2 Å². The SMILES string of the molecule is Brc1cnc2c(c1)C(C1=CCNCC1)=CC2.CC#N.CC(C)NC(=O)N1CC=C(C2=CCc3ncc(-c4ccccc4)cc32)CC1.CC(C)NC(=O)N1CC=C(C2=CCc3ncc(Br)cc32)CC1.CC(C)OC#N.OB(O)c1ccccc1. The van der Waals surface area contributed by atoms with Gasteiger partial charge < -0.3 is 40.5 Å². The molecule has 432 valence electrons. The zero-order valence-corrected chi connectivity index (χ0v) is 51.7. The van der Waals surface area contributed by atoms with Gasteiger partial charge in [-0.05, 0) is 162 Å². The van der Waals surface area contributed by atoms with Gasteiger partial charge in [0.05, 0.1) is 23.2 Å². The van der Waals surface area contributed by atoms with Gasteiger partial charge in [-0.2, -0.15) is 10.5 Å². The Hall–Kier alpha value is -7.45. The van der Waals surface area contributed by atoms with Gasteiger partial charge in [0.15, 0.2) is 0 Å². The molecule has 11 rings (SSSR count). The van der Waals surface area contributed by atoms with E-state index in [1.807, 2.05) is 82.1 Å². The maximum atomic E-state index is 12.2. The van der Waals surface area contributed by atoms with Gasteiger partial charge in [0, 0.05) is 121 Å². The predicted molar refractivity (Wildman–Crippen MR) is 339 cm³/mol. The van der Waals surface area contributed by atoms with E-state index in [4.69, 9.17) is 25.6 Å². The van der Waals surface area contributed by atoms with E-state index in [1.165, 1.54) is 68.3 Å². The van der Waals surface area contributed by atoms with Gasteiger partial charge in [-0.15, -0.1) is 0 Å². The lowest BCUT2D eigenvalue weighted by atomic mass is 9.81. The van der Waals surface area contributed by atoms with Crippen LogP contribution in [0.25, 0.3) is 27.8 Å². The van der Waals surface area contributed by atoms with Gasteiger partial charge in [0.2, 0.25) is 0 Å². The highest BCUT2D eigenvalue weighted by atomic mass is 79.9. The van der Waals surface area contributed by atoms with Crippen molar-refractivity contribution in [3.8, 4) is 23.5 Å². The van der Waals surface area contributed by atoms with E-state index >= 15 is 0 Å². The largest absolute Gasteiger partial charge is 0.488 e.